The molecule has 5 nitrogen and oxygen atoms in total. The van der Waals surface area contributed by atoms with Crippen molar-refractivity contribution in [2.45, 2.75) is 25.7 Å². The Morgan fingerprint density at radius 2 is 1.77 bits per heavy atom. The second-order valence-electron chi connectivity index (χ2n) is 7.25. The van der Waals surface area contributed by atoms with Crippen molar-refractivity contribution in [2.75, 3.05) is 21.2 Å². The van der Waals surface area contributed by atoms with Gasteiger partial charge in [0, 0.05) is 31.8 Å². The molecule has 0 aliphatic carbocycles. The van der Waals surface area contributed by atoms with E-state index in [0.29, 0.717) is 16.5 Å². The number of ether oxygens (including phenoxy) is 1. The van der Waals surface area contributed by atoms with E-state index in [1.807, 2.05) is 41.1 Å². The Morgan fingerprint density at radius 3 is 2.40 bits per heavy atom. The van der Waals surface area contributed by atoms with Gasteiger partial charge in [0.2, 0.25) is 5.91 Å². The summed E-state index contributed by atoms with van der Waals surface area (Å²) >= 11 is 12.3. The summed E-state index contributed by atoms with van der Waals surface area (Å²) in [5, 5.41) is 5.81. The Balaban J connectivity index is 1.87. The minimum Gasteiger partial charge on any atom is -0.497 e. The van der Waals surface area contributed by atoms with Crippen molar-refractivity contribution in [3.63, 3.8) is 0 Å². The normalized spacial score (nSPS) is 10.8. The summed E-state index contributed by atoms with van der Waals surface area (Å²) in [6.45, 7) is 0. The van der Waals surface area contributed by atoms with Crippen LogP contribution in [0.4, 0.5) is 0 Å². The van der Waals surface area contributed by atoms with Gasteiger partial charge in [-0.05, 0) is 67.8 Å². The highest BCUT2D eigenvalue weighted by Gasteiger charge is 2.13. The van der Waals surface area contributed by atoms with Gasteiger partial charge in [0.1, 0.15) is 5.75 Å². The average molecular weight is 446 g/mol. The monoisotopic (exact) mass is 445 g/mol. The fourth-order valence-corrected chi connectivity index (χ4v) is 3.44. The summed E-state index contributed by atoms with van der Waals surface area (Å²) in [6.07, 6.45) is 3.04. The fraction of sp³-hybridized carbons (Fsp3) is 0.304. The van der Waals surface area contributed by atoms with Gasteiger partial charge in [-0.1, -0.05) is 23.2 Å². The molecular weight excluding hydrogens is 421 g/mol. The molecule has 0 saturated carbocycles. The zero-order valence-corrected chi connectivity index (χ0v) is 18.9. The van der Waals surface area contributed by atoms with Gasteiger partial charge in [0.25, 0.3) is 0 Å². The molecule has 0 saturated heterocycles. The van der Waals surface area contributed by atoms with Crippen molar-refractivity contribution < 1.29 is 9.53 Å². The van der Waals surface area contributed by atoms with E-state index in [4.69, 9.17) is 33.0 Å². The van der Waals surface area contributed by atoms with Crippen LogP contribution in [-0.4, -0.2) is 41.8 Å². The zero-order valence-electron chi connectivity index (χ0n) is 17.4. The SMILES string of the molecule is COc1ccc(-c2cc(CCCCC(=O)N(C)C)n(-c3ccc(Cl)c(Cl)c3)n2)cc1. The molecule has 0 aliphatic heterocycles. The number of aryl methyl sites for hydroxylation is 1. The predicted molar refractivity (Wildman–Crippen MR) is 122 cm³/mol. The molecule has 0 N–H and O–H groups in total. The van der Waals surface area contributed by atoms with Crippen molar-refractivity contribution in [3.8, 4) is 22.7 Å². The lowest BCUT2D eigenvalue weighted by Crippen LogP contribution is -2.21. The van der Waals surface area contributed by atoms with Crippen LogP contribution in [0, 0.1) is 0 Å². The highest BCUT2D eigenvalue weighted by molar-refractivity contribution is 6.42. The van der Waals surface area contributed by atoms with Crippen LogP contribution in [-0.2, 0) is 11.2 Å². The molecule has 30 heavy (non-hydrogen) atoms. The average Bonchev–Trinajstić information content (AvgIpc) is 3.17. The molecule has 1 amide bonds. The second-order valence-corrected chi connectivity index (χ2v) is 8.07. The number of carbonyl (C=O) groups is 1. The quantitative estimate of drug-likeness (QED) is 0.420. The van der Waals surface area contributed by atoms with Gasteiger partial charge in [-0.3, -0.25) is 4.79 Å². The molecule has 1 heterocycles. The third kappa shape index (κ3) is 5.35. The Bertz CT molecular complexity index is 1010. The van der Waals surface area contributed by atoms with Gasteiger partial charge in [-0.2, -0.15) is 5.10 Å². The molecule has 0 bridgehead atoms. The van der Waals surface area contributed by atoms with Crippen molar-refractivity contribution >= 4 is 29.1 Å². The van der Waals surface area contributed by atoms with Crippen molar-refractivity contribution in [1.82, 2.24) is 14.7 Å². The van der Waals surface area contributed by atoms with E-state index in [1.165, 1.54) is 0 Å². The maximum atomic E-state index is 11.8. The van der Waals surface area contributed by atoms with E-state index in [-0.39, 0.29) is 5.91 Å². The number of methoxy groups -OCH3 is 1. The molecule has 2 aromatic carbocycles. The minimum atomic E-state index is 0.145. The van der Waals surface area contributed by atoms with Crippen LogP contribution < -0.4 is 4.74 Å². The molecule has 0 unspecified atom stereocenters. The Kier molecular flexibility index (Phi) is 7.40. The molecular formula is C23H25Cl2N3O2. The van der Waals surface area contributed by atoms with Crippen molar-refractivity contribution in [1.29, 1.82) is 0 Å². The third-order valence-corrected chi connectivity index (χ3v) is 5.63. The zero-order chi connectivity index (χ0) is 21.7. The first kappa shape index (κ1) is 22.2. The van der Waals surface area contributed by atoms with E-state index >= 15 is 0 Å². The van der Waals surface area contributed by atoms with Crippen molar-refractivity contribution in [2.24, 2.45) is 0 Å². The number of unbranched alkanes of at least 4 members (excludes halogenated alkanes) is 1. The van der Waals surface area contributed by atoms with Crippen LogP contribution in [0.25, 0.3) is 16.9 Å². The van der Waals surface area contributed by atoms with Gasteiger partial charge in [0.05, 0.1) is 28.5 Å². The van der Waals surface area contributed by atoms with Gasteiger partial charge in [0.15, 0.2) is 0 Å². The van der Waals surface area contributed by atoms with Crippen LogP contribution in [0.5, 0.6) is 5.75 Å². The Hall–Kier alpha value is -2.50. The lowest BCUT2D eigenvalue weighted by atomic mass is 10.1. The summed E-state index contributed by atoms with van der Waals surface area (Å²) < 4.78 is 7.14. The number of hydrogen-bond acceptors (Lipinski definition) is 3. The number of halogens is 2. The number of hydrogen-bond donors (Lipinski definition) is 0. The molecule has 0 fully saturated rings. The molecule has 3 rings (SSSR count). The molecule has 0 radical (unpaired) electrons. The molecule has 0 aliphatic rings. The van der Waals surface area contributed by atoms with Gasteiger partial charge < -0.3 is 9.64 Å². The number of nitrogens with zero attached hydrogens (tertiary/aromatic N) is 3. The fourth-order valence-electron chi connectivity index (χ4n) is 3.15. The Labute approximate surface area is 187 Å². The van der Waals surface area contributed by atoms with E-state index < -0.39 is 0 Å². The number of carbonyl (C=O) groups excluding carboxylic acids is 1. The van der Waals surface area contributed by atoms with Gasteiger partial charge >= 0.3 is 0 Å². The first-order chi connectivity index (χ1) is 14.4. The summed E-state index contributed by atoms with van der Waals surface area (Å²) in [5.41, 5.74) is 3.77. The van der Waals surface area contributed by atoms with Crippen LogP contribution in [0.3, 0.4) is 0 Å². The first-order valence-electron chi connectivity index (χ1n) is 9.78. The highest BCUT2D eigenvalue weighted by atomic mass is 35.5. The smallest absolute Gasteiger partial charge is 0.222 e. The highest BCUT2D eigenvalue weighted by Crippen LogP contribution is 2.28. The second kappa shape index (κ2) is 10.0. The minimum absolute atomic E-state index is 0.145. The van der Waals surface area contributed by atoms with Gasteiger partial charge in [-0.25, -0.2) is 4.68 Å². The van der Waals surface area contributed by atoms with E-state index in [0.717, 1.165) is 47.7 Å². The summed E-state index contributed by atoms with van der Waals surface area (Å²) in [5.74, 6) is 0.945. The van der Waals surface area contributed by atoms with Crippen LogP contribution >= 0.6 is 23.2 Å². The predicted octanol–water partition coefficient (Wildman–Crippen LogP) is 5.66. The van der Waals surface area contributed by atoms with Crippen LogP contribution in [0.15, 0.2) is 48.5 Å². The molecule has 0 spiro atoms. The molecule has 3 aromatic rings. The van der Waals surface area contributed by atoms with E-state index in [1.54, 1.807) is 32.2 Å². The van der Waals surface area contributed by atoms with Gasteiger partial charge in [-0.15, -0.1) is 0 Å². The maximum Gasteiger partial charge on any atom is 0.222 e. The molecule has 158 valence electrons. The van der Waals surface area contributed by atoms with Crippen molar-refractivity contribution in [3.05, 3.63) is 64.3 Å². The topological polar surface area (TPSA) is 47.4 Å². The third-order valence-electron chi connectivity index (χ3n) is 4.89. The first-order valence-corrected chi connectivity index (χ1v) is 10.5. The summed E-state index contributed by atoms with van der Waals surface area (Å²) in [6, 6.07) is 15.4. The lowest BCUT2D eigenvalue weighted by molar-refractivity contribution is -0.128. The number of benzene rings is 2. The lowest BCUT2D eigenvalue weighted by Gasteiger charge is -2.10. The number of amides is 1. The summed E-state index contributed by atoms with van der Waals surface area (Å²) in [7, 11) is 5.21. The number of aromatic nitrogens is 2. The largest absolute Gasteiger partial charge is 0.497 e. The molecule has 7 heteroatoms. The van der Waals surface area contributed by atoms with Crippen LogP contribution in [0.2, 0.25) is 10.0 Å². The van der Waals surface area contributed by atoms with E-state index in [9.17, 15) is 4.79 Å². The standard InChI is InChI=1S/C23H25Cl2N3O2/c1-27(2)23(29)7-5-4-6-17-15-22(16-8-11-19(30-3)12-9-16)26-28(17)18-10-13-20(24)21(25)14-18/h8-15H,4-7H2,1-3H3. The number of rotatable bonds is 8. The summed E-state index contributed by atoms with van der Waals surface area (Å²) in [4.78, 5) is 13.5. The maximum absolute atomic E-state index is 11.8. The Morgan fingerprint density at radius 1 is 1.03 bits per heavy atom. The molecule has 1 aromatic heterocycles. The van der Waals surface area contributed by atoms with E-state index in [2.05, 4.69) is 6.07 Å². The van der Waals surface area contributed by atoms with Crippen LogP contribution in [0.1, 0.15) is 25.0 Å². The molecule has 0 atom stereocenters.